The lowest BCUT2D eigenvalue weighted by atomic mass is 9.80. The highest BCUT2D eigenvalue weighted by molar-refractivity contribution is 5.40. The van der Waals surface area contributed by atoms with Crippen LogP contribution in [0.4, 0.5) is 0 Å². The van der Waals surface area contributed by atoms with Crippen LogP contribution in [0.5, 0.6) is 5.75 Å². The van der Waals surface area contributed by atoms with Crippen molar-refractivity contribution < 1.29 is 4.74 Å². The summed E-state index contributed by atoms with van der Waals surface area (Å²) in [6.45, 7) is 5.31. The van der Waals surface area contributed by atoms with Gasteiger partial charge >= 0.3 is 0 Å². The zero-order valence-electron chi connectivity index (χ0n) is 17.8. The van der Waals surface area contributed by atoms with Crippen molar-refractivity contribution in [2.24, 2.45) is 11.8 Å². The van der Waals surface area contributed by atoms with Crippen molar-refractivity contribution in [1.29, 1.82) is 0 Å². The minimum absolute atomic E-state index is 0.584. The van der Waals surface area contributed by atoms with Crippen molar-refractivity contribution in [3.05, 3.63) is 42.0 Å². The van der Waals surface area contributed by atoms with Gasteiger partial charge in [-0.25, -0.2) is 0 Å². The van der Waals surface area contributed by atoms with Crippen LogP contribution >= 0.6 is 0 Å². The zero-order valence-corrected chi connectivity index (χ0v) is 17.8. The Balaban J connectivity index is 1.68. The van der Waals surface area contributed by atoms with Gasteiger partial charge in [-0.05, 0) is 74.4 Å². The van der Waals surface area contributed by atoms with Crippen LogP contribution < -0.4 is 4.74 Å². The first-order valence-corrected chi connectivity index (χ1v) is 11.2. The molecule has 1 aliphatic rings. The Morgan fingerprint density at radius 1 is 0.893 bits per heavy atom. The summed E-state index contributed by atoms with van der Waals surface area (Å²) in [6.07, 6.45) is 16.6. The molecule has 2 rings (SSSR count). The van der Waals surface area contributed by atoms with Crippen molar-refractivity contribution in [3.63, 3.8) is 0 Å². The molecule has 1 fully saturated rings. The van der Waals surface area contributed by atoms with E-state index in [4.69, 9.17) is 4.74 Å². The Morgan fingerprint density at radius 3 is 2.36 bits per heavy atom. The molecule has 0 aromatic heterocycles. The van der Waals surface area contributed by atoms with Gasteiger partial charge in [0, 0.05) is 11.5 Å². The average molecular weight is 377 g/mol. The Hall–Kier alpha value is -2.12. The Bertz CT molecular complexity index is 682. The molecule has 0 N–H and O–H groups in total. The van der Waals surface area contributed by atoms with E-state index < -0.39 is 0 Å². The highest BCUT2D eigenvalue weighted by Crippen LogP contribution is 2.30. The number of allylic oxidation sites excluding steroid dienone is 2. The summed E-state index contributed by atoms with van der Waals surface area (Å²) >= 11 is 0. The Labute approximate surface area is 173 Å². The topological polar surface area (TPSA) is 9.23 Å². The average Bonchev–Trinajstić information content (AvgIpc) is 2.73. The number of hydrogen-bond donors (Lipinski definition) is 0. The number of unbranched alkanes of at least 4 members (excludes halogenated alkanes) is 3. The lowest BCUT2D eigenvalue weighted by molar-refractivity contribution is 0.300. The van der Waals surface area contributed by atoms with E-state index in [2.05, 4.69) is 37.5 Å². The molecule has 0 amide bonds. The molecule has 0 atom stereocenters. The van der Waals surface area contributed by atoms with E-state index >= 15 is 0 Å². The molecule has 1 aromatic carbocycles. The van der Waals surface area contributed by atoms with Crippen molar-refractivity contribution >= 4 is 0 Å². The van der Waals surface area contributed by atoms with Crippen molar-refractivity contribution in [3.8, 4) is 29.4 Å². The van der Waals surface area contributed by atoms with E-state index in [1.54, 1.807) is 0 Å². The molecule has 1 nitrogen and oxygen atoms in total. The second kappa shape index (κ2) is 14.0. The summed E-state index contributed by atoms with van der Waals surface area (Å²) in [5.74, 6) is 15.3. The number of ether oxygens (including phenoxy) is 1. The predicted octanol–water partition coefficient (Wildman–Crippen LogP) is 7.16. The third-order valence-corrected chi connectivity index (χ3v) is 5.42. The van der Waals surface area contributed by atoms with Gasteiger partial charge in [0.05, 0.1) is 6.61 Å². The third kappa shape index (κ3) is 9.19. The van der Waals surface area contributed by atoms with E-state index in [1.807, 2.05) is 36.4 Å². The molecule has 0 spiro atoms. The summed E-state index contributed by atoms with van der Waals surface area (Å²) in [5, 5.41) is 0. The van der Waals surface area contributed by atoms with Gasteiger partial charge in [0.2, 0.25) is 0 Å². The minimum Gasteiger partial charge on any atom is -0.494 e. The predicted molar refractivity (Wildman–Crippen MR) is 120 cm³/mol. The van der Waals surface area contributed by atoms with Crippen LogP contribution in [0.3, 0.4) is 0 Å². The van der Waals surface area contributed by atoms with Crippen LogP contribution in [-0.2, 0) is 0 Å². The Kier molecular flexibility index (Phi) is 11.1. The molecule has 0 aliphatic heterocycles. The molecule has 0 unspecified atom stereocenters. The smallest absolute Gasteiger partial charge is 0.119 e. The summed E-state index contributed by atoms with van der Waals surface area (Å²) in [5.41, 5.74) is 1.00. The van der Waals surface area contributed by atoms with Gasteiger partial charge < -0.3 is 4.74 Å². The molecular formula is C27H36O. The molecule has 0 saturated heterocycles. The number of rotatable bonds is 8. The van der Waals surface area contributed by atoms with E-state index in [0.29, 0.717) is 5.92 Å². The van der Waals surface area contributed by atoms with Crippen molar-refractivity contribution in [2.75, 3.05) is 6.61 Å². The van der Waals surface area contributed by atoms with Crippen LogP contribution in [0.2, 0.25) is 0 Å². The highest BCUT2D eigenvalue weighted by atomic mass is 16.5. The first-order chi connectivity index (χ1) is 13.8. The van der Waals surface area contributed by atoms with Gasteiger partial charge in [0.25, 0.3) is 0 Å². The molecule has 1 heteroatoms. The van der Waals surface area contributed by atoms with E-state index in [1.165, 1.54) is 57.8 Å². The zero-order chi connectivity index (χ0) is 19.9. The number of hydrogen-bond acceptors (Lipinski definition) is 1. The van der Waals surface area contributed by atoms with Crippen molar-refractivity contribution in [2.45, 2.75) is 78.1 Å². The van der Waals surface area contributed by atoms with Gasteiger partial charge in [-0.1, -0.05) is 69.6 Å². The standard InChI is InChI=1S/C27H36O/c1-3-5-6-11-23-28-27-21-19-26(20-22-27)14-10-8-7-9-13-25-17-15-24(12-4-2)16-18-25/h7-8,19-22,24-25H,3-6,11-12,15-18,23H2,1-2H3/b8-7+/t24-,25-. The van der Waals surface area contributed by atoms with Gasteiger partial charge in [0.1, 0.15) is 5.75 Å². The molecule has 1 saturated carbocycles. The monoisotopic (exact) mass is 376 g/mol. The molecule has 1 aromatic rings. The van der Waals surface area contributed by atoms with Crippen LogP contribution in [0, 0.1) is 35.5 Å². The van der Waals surface area contributed by atoms with Crippen LogP contribution in [0.25, 0.3) is 0 Å². The maximum Gasteiger partial charge on any atom is 0.119 e. The summed E-state index contributed by atoms with van der Waals surface area (Å²) in [6, 6.07) is 8.04. The lowest BCUT2D eigenvalue weighted by Gasteiger charge is -2.25. The SMILES string of the molecule is CCCCCCOc1ccc(C#C/C=C/C#C[C@H]2CC[C@H](CCC)CC2)cc1. The summed E-state index contributed by atoms with van der Waals surface area (Å²) in [7, 11) is 0. The second-order valence-corrected chi connectivity index (χ2v) is 7.83. The molecule has 0 bridgehead atoms. The largest absolute Gasteiger partial charge is 0.494 e. The summed E-state index contributed by atoms with van der Waals surface area (Å²) < 4.78 is 5.76. The van der Waals surface area contributed by atoms with Gasteiger partial charge in [-0.15, -0.1) is 0 Å². The van der Waals surface area contributed by atoms with Gasteiger partial charge in [-0.2, -0.15) is 0 Å². The van der Waals surface area contributed by atoms with Gasteiger partial charge in [-0.3, -0.25) is 0 Å². The first kappa shape index (κ1) is 22.2. The highest BCUT2D eigenvalue weighted by Gasteiger charge is 2.18. The van der Waals surface area contributed by atoms with E-state index in [-0.39, 0.29) is 0 Å². The normalized spacial score (nSPS) is 18.8. The quantitative estimate of drug-likeness (QED) is 0.345. The lowest BCUT2D eigenvalue weighted by Crippen LogP contribution is -2.12. The van der Waals surface area contributed by atoms with E-state index in [9.17, 15) is 0 Å². The molecule has 150 valence electrons. The number of benzene rings is 1. The fraction of sp³-hybridized carbons (Fsp3) is 0.556. The minimum atomic E-state index is 0.584. The summed E-state index contributed by atoms with van der Waals surface area (Å²) in [4.78, 5) is 0. The third-order valence-electron chi connectivity index (χ3n) is 5.42. The van der Waals surface area contributed by atoms with Gasteiger partial charge in [0.15, 0.2) is 0 Å². The maximum atomic E-state index is 5.76. The van der Waals surface area contributed by atoms with Crippen LogP contribution in [0.15, 0.2) is 36.4 Å². The molecule has 0 heterocycles. The fourth-order valence-corrected chi connectivity index (χ4v) is 3.73. The fourth-order valence-electron chi connectivity index (χ4n) is 3.73. The van der Waals surface area contributed by atoms with E-state index in [0.717, 1.165) is 30.3 Å². The van der Waals surface area contributed by atoms with Crippen molar-refractivity contribution in [1.82, 2.24) is 0 Å². The molecule has 28 heavy (non-hydrogen) atoms. The Morgan fingerprint density at radius 2 is 1.64 bits per heavy atom. The molecule has 0 radical (unpaired) electrons. The second-order valence-electron chi connectivity index (χ2n) is 7.83. The first-order valence-electron chi connectivity index (χ1n) is 11.2. The maximum absolute atomic E-state index is 5.76. The van der Waals surface area contributed by atoms with Crippen LogP contribution in [-0.4, -0.2) is 6.61 Å². The molecule has 1 aliphatic carbocycles. The molecular weight excluding hydrogens is 340 g/mol. The van der Waals surface area contributed by atoms with Crippen LogP contribution in [0.1, 0.15) is 83.6 Å².